The first kappa shape index (κ1) is 32.5. The van der Waals surface area contributed by atoms with Crippen LogP contribution < -0.4 is 20.4 Å². The number of amidine groups is 1. The SMILES string of the molecule is C1=c2sc3c(-c4cccc5oc6cc(-n7c8ccccc8c8ccccc87)ccc6c45)cccc3c2=CCC1C1N=C(c2ccccc2)NC(c2ccccc2)N1. The molecule has 0 saturated heterocycles. The largest absolute Gasteiger partial charge is 0.456 e. The van der Waals surface area contributed by atoms with E-state index in [0.717, 1.165) is 45.4 Å². The Hall–Kier alpha value is -6.73. The van der Waals surface area contributed by atoms with Crippen molar-refractivity contribution in [3.05, 3.63) is 185 Å². The Labute approximate surface area is 332 Å². The second-order valence-corrected chi connectivity index (χ2v) is 16.2. The molecule has 5 nitrogen and oxygen atoms in total. The van der Waals surface area contributed by atoms with Gasteiger partial charge in [-0.1, -0.05) is 140 Å². The smallest absolute Gasteiger partial charge is 0.137 e. The molecule has 0 radical (unpaired) electrons. The predicted octanol–water partition coefficient (Wildman–Crippen LogP) is 10.8. The molecule has 0 bridgehead atoms. The monoisotopic (exact) mass is 752 g/mol. The molecule has 0 fully saturated rings. The number of rotatable bonds is 5. The van der Waals surface area contributed by atoms with E-state index in [-0.39, 0.29) is 18.2 Å². The lowest BCUT2D eigenvalue weighted by molar-refractivity contribution is 0.351. The summed E-state index contributed by atoms with van der Waals surface area (Å²) in [6, 6.07) is 58.3. The summed E-state index contributed by atoms with van der Waals surface area (Å²) in [4.78, 5) is 5.29. The minimum Gasteiger partial charge on any atom is -0.456 e. The van der Waals surface area contributed by atoms with E-state index in [0.29, 0.717) is 0 Å². The Kier molecular flexibility index (Phi) is 7.37. The molecule has 0 amide bonds. The summed E-state index contributed by atoms with van der Waals surface area (Å²) < 4.78 is 11.6. The Morgan fingerprint density at radius 1 is 0.632 bits per heavy atom. The normalized spacial score (nSPS) is 18.0. The first-order valence-electron chi connectivity index (χ1n) is 19.6. The number of furan rings is 1. The van der Waals surface area contributed by atoms with E-state index in [9.17, 15) is 0 Å². The van der Waals surface area contributed by atoms with Crippen LogP contribution >= 0.6 is 11.3 Å². The Bertz CT molecular complexity index is 3300. The van der Waals surface area contributed by atoms with Crippen LogP contribution in [0.4, 0.5) is 0 Å². The van der Waals surface area contributed by atoms with Gasteiger partial charge in [0.05, 0.1) is 11.0 Å². The van der Waals surface area contributed by atoms with Crippen molar-refractivity contribution < 1.29 is 4.42 Å². The molecule has 6 heteroatoms. The number of fused-ring (bicyclic) bond motifs is 9. The van der Waals surface area contributed by atoms with E-state index in [1.165, 1.54) is 58.3 Å². The minimum absolute atomic E-state index is 0.0453. The van der Waals surface area contributed by atoms with Crippen molar-refractivity contribution >= 4 is 83.2 Å². The van der Waals surface area contributed by atoms with Crippen molar-refractivity contribution in [2.24, 2.45) is 10.9 Å². The van der Waals surface area contributed by atoms with Crippen LogP contribution in [-0.4, -0.2) is 16.6 Å². The lowest BCUT2D eigenvalue weighted by Gasteiger charge is -2.35. The summed E-state index contributed by atoms with van der Waals surface area (Å²) in [5.41, 5.74) is 9.98. The third-order valence-electron chi connectivity index (χ3n) is 11.8. The van der Waals surface area contributed by atoms with E-state index < -0.39 is 0 Å². The fourth-order valence-electron chi connectivity index (χ4n) is 9.18. The van der Waals surface area contributed by atoms with Gasteiger partial charge in [-0.2, -0.15) is 0 Å². The lowest BCUT2D eigenvalue weighted by Crippen LogP contribution is -2.51. The van der Waals surface area contributed by atoms with Crippen LogP contribution in [0, 0.1) is 5.92 Å². The molecular formula is C51H36N4OS. The standard InChI is InChI=1S/C51H36N4OS/c1-3-13-31(14-4-1)49-52-50(32-15-5-2-6-16-32)54-51(53-49)33-25-27-37-39-20-11-21-40(48(39)57-46(37)29-33)38-19-12-24-44-47(38)41-28-26-34(30-45(41)56-44)55-42-22-9-7-17-35(42)36-18-8-10-23-43(36)55/h1-24,26-30,33,49,51,53H,25H2,(H,52,54). The third-order valence-corrected chi connectivity index (χ3v) is 13.0. The Balaban J connectivity index is 0.960. The van der Waals surface area contributed by atoms with Gasteiger partial charge in [-0.3, -0.25) is 5.32 Å². The summed E-state index contributed by atoms with van der Waals surface area (Å²) >= 11 is 1.89. The zero-order valence-corrected chi connectivity index (χ0v) is 31.7. The molecule has 57 heavy (non-hydrogen) atoms. The van der Waals surface area contributed by atoms with E-state index in [1.807, 2.05) is 11.3 Å². The number of aromatic nitrogens is 1. The second kappa shape index (κ2) is 12.9. The van der Waals surface area contributed by atoms with Gasteiger partial charge in [0, 0.05) is 65.0 Å². The average molecular weight is 753 g/mol. The molecule has 0 saturated carbocycles. The fourth-order valence-corrected chi connectivity index (χ4v) is 10.5. The molecule has 2 N–H and O–H groups in total. The van der Waals surface area contributed by atoms with Crippen LogP contribution in [0.5, 0.6) is 0 Å². The first-order chi connectivity index (χ1) is 28.2. The molecule has 1 aliphatic heterocycles. The number of hydrogen-bond donors (Lipinski definition) is 2. The number of nitrogens with one attached hydrogen (secondary N) is 2. The number of thiophene rings is 1. The van der Waals surface area contributed by atoms with Gasteiger partial charge in [-0.15, -0.1) is 11.3 Å². The van der Waals surface area contributed by atoms with Gasteiger partial charge in [0.15, 0.2) is 0 Å². The summed E-state index contributed by atoms with van der Waals surface area (Å²) in [6.45, 7) is 0. The fraction of sp³-hybridized carbons (Fsp3) is 0.0784. The molecule has 3 atom stereocenters. The Morgan fingerprint density at radius 3 is 2.14 bits per heavy atom. The van der Waals surface area contributed by atoms with Crippen LogP contribution in [0.1, 0.15) is 23.7 Å². The molecule has 0 spiro atoms. The maximum atomic E-state index is 6.69. The molecule has 7 aromatic carbocycles. The maximum absolute atomic E-state index is 6.69. The molecule has 4 heterocycles. The molecular weight excluding hydrogens is 717 g/mol. The van der Waals surface area contributed by atoms with E-state index in [4.69, 9.17) is 9.41 Å². The molecule has 3 aromatic heterocycles. The molecule has 1 aliphatic carbocycles. The number of aliphatic imine (C=N–C) groups is 1. The topological polar surface area (TPSA) is 54.5 Å². The zero-order chi connectivity index (χ0) is 37.5. The summed E-state index contributed by atoms with van der Waals surface area (Å²) in [5.74, 6) is 1.12. The van der Waals surface area contributed by atoms with Crippen LogP contribution in [0.15, 0.2) is 173 Å². The van der Waals surface area contributed by atoms with Crippen LogP contribution in [0.25, 0.3) is 82.8 Å². The van der Waals surface area contributed by atoms with Gasteiger partial charge in [0.25, 0.3) is 0 Å². The van der Waals surface area contributed by atoms with Crippen molar-refractivity contribution in [2.45, 2.75) is 18.8 Å². The van der Waals surface area contributed by atoms with E-state index >= 15 is 0 Å². The van der Waals surface area contributed by atoms with Crippen molar-refractivity contribution in [3.8, 4) is 16.8 Å². The van der Waals surface area contributed by atoms with E-state index in [1.54, 1.807) is 0 Å². The molecule has 272 valence electrons. The average Bonchev–Trinajstić information content (AvgIpc) is 3.96. The maximum Gasteiger partial charge on any atom is 0.137 e. The van der Waals surface area contributed by atoms with Crippen molar-refractivity contribution in [2.75, 3.05) is 0 Å². The van der Waals surface area contributed by atoms with E-state index in [2.05, 4.69) is 191 Å². The number of hydrogen-bond acceptors (Lipinski definition) is 5. The molecule has 3 unspecified atom stereocenters. The Morgan fingerprint density at radius 2 is 1.33 bits per heavy atom. The predicted molar refractivity (Wildman–Crippen MR) is 237 cm³/mol. The number of benzene rings is 7. The summed E-state index contributed by atoms with van der Waals surface area (Å²) in [5, 5.41) is 14.9. The van der Waals surface area contributed by atoms with Crippen molar-refractivity contribution in [3.63, 3.8) is 0 Å². The van der Waals surface area contributed by atoms with Gasteiger partial charge in [-0.05, 0) is 53.1 Å². The molecule has 2 aliphatic rings. The summed E-state index contributed by atoms with van der Waals surface area (Å²) in [6.07, 6.45) is 5.68. The van der Waals surface area contributed by atoms with Crippen LogP contribution in [0.2, 0.25) is 0 Å². The third kappa shape index (κ3) is 5.22. The quantitative estimate of drug-likeness (QED) is 0.184. The van der Waals surface area contributed by atoms with Gasteiger partial charge in [0.2, 0.25) is 0 Å². The highest BCUT2D eigenvalue weighted by atomic mass is 32.1. The van der Waals surface area contributed by atoms with Gasteiger partial charge in [0.1, 0.15) is 29.3 Å². The highest BCUT2D eigenvalue weighted by molar-refractivity contribution is 7.17. The minimum atomic E-state index is -0.0841. The number of nitrogens with zero attached hydrogens (tertiary/aromatic N) is 2. The van der Waals surface area contributed by atoms with Crippen LogP contribution in [-0.2, 0) is 0 Å². The molecule has 12 rings (SSSR count). The highest BCUT2D eigenvalue weighted by Crippen LogP contribution is 2.41. The first-order valence-corrected chi connectivity index (χ1v) is 20.5. The lowest BCUT2D eigenvalue weighted by atomic mass is 9.94. The van der Waals surface area contributed by atoms with Crippen molar-refractivity contribution in [1.82, 2.24) is 15.2 Å². The number of para-hydroxylation sites is 2. The van der Waals surface area contributed by atoms with Gasteiger partial charge >= 0.3 is 0 Å². The van der Waals surface area contributed by atoms with Gasteiger partial charge in [-0.25, -0.2) is 4.99 Å². The van der Waals surface area contributed by atoms with Crippen molar-refractivity contribution in [1.29, 1.82) is 0 Å². The molecule has 10 aromatic rings. The second-order valence-electron chi connectivity index (χ2n) is 15.1. The zero-order valence-electron chi connectivity index (χ0n) is 30.9. The van der Waals surface area contributed by atoms with Crippen LogP contribution in [0.3, 0.4) is 0 Å². The van der Waals surface area contributed by atoms with Gasteiger partial charge < -0.3 is 14.3 Å². The summed E-state index contributed by atoms with van der Waals surface area (Å²) in [7, 11) is 0. The highest BCUT2D eigenvalue weighted by Gasteiger charge is 2.30.